The summed E-state index contributed by atoms with van der Waals surface area (Å²) in [5.41, 5.74) is 3.79. The summed E-state index contributed by atoms with van der Waals surface area (Å²) >= 11 is 1.34. The third kappa shape index (κ3) is 7.06. The first-order valence-electron chi connectivity index (χ1n) is 9.36. The number of carbonyl (C=O) groups is 3. The highest BCUT2D eigenvalue weighted by Crippen LogP contribution is 2.22. The highest BCUT2D eigenvalue weighted by molar-refractivity contribution is 8.00. The fourth-order valence-corrected chi connectivity index (χ4v) is 3.28. The monoisotopic (exact) mass is 413 g/mol. The van der Waals surface area contributed by atoms with Crippen LogP contribution >= 0.6 is 11.8 Å². The van der Waals surface area contributed by atoms with Crippen LogP contribution in [0.4, 0.5) is 0 Å². The molecule has 0 saturated carbocycles. The van der Waals surface area contributed by atoms with E-state index >= 15 is 0 Å². The summed E-state index contributed by atoms with van der Waals surface area (Å²) < 4.78 is 4.96. The summed E-state index contributed by atoms with van der Waals surface area (Å²) in [4.78, 5) is 36.9. The van der Waals surface area contributed by atoms with Gasteiger partial charge in [0.25, 0.3) is 11.8 Å². The lowest BCUT2D eigenvalue weighted by molar-refractivity contribution is -0.145. The predicted octanol–water partition coefficient (Wildman–Crippen LogP) is 4.19. The summed E-state index contributed by atoms with van der Waals surface area (Å²) in [6.07, 6.45) is 0. The molecule has 0 fully saturated rings. The Morgan fingerprint density at radius 1 is 0.966 bits per heavy atom. The van der Waals surface area contributed by atoms with Gasteiger partial charge in [0.15, 0.2) is 6.61 Å². The van der Waals surface area contributed by atoms with Gasteiger partial charge in [0.2, 0.25) is 0 Å². The van der Waals surface area contributed by atoms with Gasteiger partial charge < -0.3 is 4.74 Å². The van der Waals surface area contributed by atoms with Gasteiger partial charge in [0, 0.05) is 10.5 Å². The number of rotatable bonds is 6. The average Bonchev–Trinajstić information content (AvgIpc) is 2.66. The third-order valence-electron chi connectivity index (χ3n) is 4.47. The molecule has 1 N–H and O–H groups in total. The number of hydrogen-bond donors (Lipinski definition) is 1. The molecular weight excluding hydrogens is 386 g/mol. The van der Waals surface area contributed by atoms with Gasteiger partial charge in [-0.1, -0.05) is 39.0 Å². The summed E-state index contributed by atoms with van der Waals surface area (Å²) in [5.74, 6) is -1.58. The van der Waals surface area contributed by atoms with Gasteiger partial charge in [-0.15, -0.1) is 11.8 Å². The molecule has 29 heavy (non-hydrogen) atoms. The van der Waals surface area contributed by atoms with Gasteiger partial charge in [-0.2, -0.15) is 0 Å². The molecule has 2 amide bonds. The average molecular weight is 414 g/mol. The van der Waals surface area contributed by atoms with Crippen molar-refractivity contribution < 1.29 is 19.1 Å². The van der Waals surface area contributed by atoms with E-state index in [0.29, 0.717) is 5.56 Å². The molecule has 5 nitrogen and oxygen atoms in total. The van der Waals surface area contributed by atoms with Crippen molar-refractivity contribution in [2.45, 2.75) is 44.9 Å². The first-order chi connectivity index (χ1) is 13.6. The molecule has 0 unspecified atom stereocenters. The minimum atomic E-state index is -0.653. The Labute approximate surface area is 176 Å². The Morgan fingerprint density at radius 3 is 2.21 bits per heavy atom. The molecule has 2 rings (SSSR count). The summed E-state index contributed by atoms with van der Waals surface area (Å²) in [7, 11) is 0. The lowest BCUT2D eigenvalue weighted by atomic mass is 9.87. The number of amides is 2. The van der Waals surface area contributed by atoms with E-state index in [-0.39, 0.29) is 11.2 Å². The van der Waals surface area contributed by atoms with Crippen LogP contribution in [-0.4, -0.2) is 30.1 Å². The predicted molar refractivity (Wildman–Crippen MR) is 115 cm³/mol. The van der Waals surface area contributed by atoms with Crippen LogP contribution in [0.3, 0.4) is 0 Å². The van der Waals surface area contributed by atoms with Crippen LogP contribution in [0.5, 0.6) is 0 Å². The molecule has 2 aromatic rings. The van der Waals surface area contributed by atoms with Crippen molar-refractivity contribution in [2.24, 2.45) is 0 Å². The number of imide groups is 1. The lowest BCUT2D eigenvalue weighted by Crippen LogP contribution is -2.34. The zero-order valence-electron chi connectivity index (χ0n) is 17.5. The van der Waals surface area contributed by atoms with Crippen molar-refractivity contribution in [1.82, 2.24) is 5.32 Å². The van der Waals surface area contributed by atoms with Crippen molar-refractivity contribution in [3.05, 3.63) is 64.7 Å². The molecule has 0 radical (unpaired) electrons. The second-order valence-electron chi connectivity index (χ2n) is 7.90. The van der Waals surface area contributed by atoms with E-state index in [1.807, 2.05) is 44.2 Å². The van der Waals surface area contributed by atoms with E-state index in [4.69, 9.17) is 4.74 Å². The topological polar surface area (TPSA) is 72.5 Å². The number of hydrogen-bond acceptors (Lipinski definition) is 5. The van der Waals surface area contributed by atoms with Crippen LogP contribution in [0.1, 0.15) is 47.8 Å². The maximum Gasteiger partial charge on any atom is 0.316 e. The Morgan fingerprint density at radius 2 is 1.62 bits per heavy atom. The van der Waals surface area contributed by atoms with Crippen LogP contribution in [0.25, 0.3) is 0 Å². The van der Waals surface area contributed by atoms with Gasteiger partial charge in [0.1, 0.15) is 0 Å². The van der Waals surface area contributed by atoms with Gasteiger partial charge in [-0.3, -0.25) is 19.7 Å². The fourth-order valence-electron chi connectivity index (χ4n) is 2.49. The first-order valence-corrected chi connectivity index (χ1v) is 10.4. The van der Waals surface area contributed by atoms with E-state index in [0.717, 1.165) is 16.0 Å². The second kappa shape index (κ2) is 9.74. The van der Waals surface area contributed by atoms with Crippen molar-refractivity contribution >= 4 is 29.5 Å². The Balaban J connectivity index is 1.77. The molecule has 0 heterocycles. The maximum absolute atomic E-state index is 12.2. The van der Waals surface area contributed by atoms with Crippen LogP contribution in [-0.2, 0) is 19.7 Å². The quantitative estimate of drug-likeness (QED) is 0.568. The van der Waals surface area contributed by atoms with Crippen LogP contribution in [0, 0.1) is 13.8 Å². The number of aryl methyl sites for hydroxylation is 2. The van der Waals surface area contributed by atoms with Crippen molar-refractivity contribution in [3.8, 4) is 0 Å². The zero-order chi connectivity index (χ0) is 21.6. The molecule has 0 atom stereocenters. The van der Waals surface area contributed by atoms with Crippen molar-refractivity contribution in [3.63, 3.8) is 0 Å². The van der Waals surface area contributed by atoms with Crippen molar-refractivity contribution in [1.29, 1.82) is 0 Å². The Hall–Kier alpha value is -2.60. The number of thioether (sulfide) groups is 1. The molecule has 6 heteroatoms. The molecule has 0 aliphatic carbocycles. The van der Waals surface area contributed by atoms with E-state index in [2.05, 4.69) is 26.1 Å². The smallest absolute Gasteiger partial charge is 0.316 e. The summed E-state index contributed by atoms with van der Waals surface area (Å²) in [6, 6.07) is 13.0. The second-order valence-corrected chi connectivity index (χ2v) is 8.95. The molecule has 0 saturated heterocycles. The molecular formula is C23H27NO4S. The lowest BCUT2D eigenvalue weighted by Gasteiger charge is -2.18. The van der Waals surface area contributed by atoms with E-state index in [1.54, 1.807) is 12.1 Å². The number of benzene rings is 2. The minimum absolute atomic E-state index is 0.0195. The normalized spacial score (nSPS) is 11.1. The number of carbonyl (C=O) groups excluding carboxylic acids is 3. The first kappa shape index (κ1) is 22.7. The minimum Gasteiger partial charge on any atom is -0.455 e. The maximum atomic E-state index is 12.2. The number of ether oxygens (including phenoxy) is 1. The Kier molecular flexibility index (Phi) is 7.62. The molecule has 0 aromatic heterocycles. The number of esters is 1. The molecule has 0 aliphatic rings. The highest BCUT2D eigenvalue weighted by atomic mass is 32.2. The van der Waals surface area contributed by atoms with Crippen LogP contribution in [0.15, 0.2) is 47.4 Å². The molecule has 154 valence electrons. The van der Waals surface area contributed by atoms with E-state index in [1.165, 1.54) is 17.3 Å². The summed E-state index contributed by atoms with van der Waals surface area (Å²) in [5, 5.41) is 2.24. The molecule has 0 bridgehead atoms. The standard InChI is InChI=1S/C23H27NO4S/c1-15-6-11-19(12-16(15)2)29-14-21(26)28-13-20(25)24-22(27)17-7-9-18(10-8-17)23(3,4)5/h6-12H,13-14H2,1-5H3,(H,24,25,27). The van der Waals surface area contributed by atoms with Gasteiger partial charge >= 0.3 is 5.97 Å². The molecule has 0 aliphatic heterocycles. The molecule has 2 aromatic carbocycles. The van der Waals surface area contributed by atoms with Gasteiger partial charge in [0.05, 0.1) is 5.75 Å². The van der Waals surface area contributed by atoms with Crippen LogP contribution in [0.2, 0.25) is 0 Å². The van der Waals surface area contributed by atoms with Crippen LogP contribution < -0.4 is 5.32 Å². The number of nitrogens with one attached hydrogen (secondary N) is 1. The zero-order valence-corrected chi connectivity index (χ0v) is 18.3. The van der Waals surface area contributed by atoms with E-state index in [9.17, 15) is 14.4 Å². The Bertz CT molecular complexity index is 898. The third-order valence-corrected chi connectivity index (χ3v) is 5.43. The molecule has 0 spiro atoms. The fraction of sp³-hybridized carbons (Fsp3) is 0.348. The van der Waals surface area contributed by atoms with Gasteiger partial charge in [-0.25, -0.2) is 0 Å². The SMILES string of the molecule is Cc1ccc(SCC(=O)OCC(=O)NC(=O)c2ccc(C(C)(C)C)cc2)cc1C. The van der Waals surface area contributed by atoms with Crippen molar-refractivity contribution in [2.75, 3.05) is 12.4 Å². The largest absolute Gasteiger partial charge is 0.455 e. The van der Waals surface area contributed by atoms with E-state index < -0.39 is 24.4 Å². The highest BCUT2D eigenvalue weighted by Gasteiger charge is 2.16. The summed E-state index contributed by atoms with van der Waals surface area (Å²) in [6.45, 7) is 9.79. The van der Waals surface area contributed by atoms with Gasteiger partial charge in [-0.05, 0) is 60.2 Å².